The minimum atomic E-state index is -4.30. The fourth-order valence-electron chi connectivity index (χ4n) is 1.56. The molecule has 1 aromatic carbocycles. The van der Waals surface area contributed by atoms with E-state index in [1.807, 2.05) is 0 Å². The number of ether oxygens (including phenoxy) is 1. The molecule has 0 aliphatic rings. The summed E-state index contributed by atoms with van der Waals surface area (Å²) in [6.07, 6.45) is -4.44. The average Bonchev–Trinajstić information content (AvgIpc) is 2.34. The van der Waals surface area contributed by atoms with E-state index in [0.29, 0.717) is 18.8 Å². The minimum Gasteiger partial charge on any atom is -0.378 e. The van der Waals surface area contributed by atoms with Crippen LogP contribution < -0.4 is 10.6 Å². The number of halogens is 3. The first kappa shape index (κ1) is 14.8. The molecule has 0 heterocycles. The molecule has 0 bridgehead atoms. The van der Waals surface area contributed by atoms with Crippen molar-refractivity contribution >= 4 is 5.69 Å². The molecule has 0 spiro atoms. The molecule has 0 amide bonds. The predicted molar refractivity (Wildman–Crippen MR) is 64.6 cm³/mol. The fraction of sp³-hybridized carbons (Fsp3) is 0.500. The van der Waals surface area contributed by atoms with Crippen molar-refractivity contribution in [3.63, 3.8) is 0 Å². The number of likely N-dealkylation sites (N-methyl/N-ethyl adjacent to an activating group) is 1. The second-order valence-corrected chi connectivity index (χ2v) is 4.02. The highest BCUT2D eigenvalue weighted by atomic mass is 19.4. The fourth-order valence-corrected chi connectivity index (χ4v) is 1.56. The third kappa shape index (κ3) is 3.89. The van der Waals surface area contributed by atoms with E-state index < -0.39 is 11.7 Å². The van der Waals surface area contributed by atoms with Crippen LogP contribution in [0.4, 0.5) is 18.9 Å². The van der Waals surface area contributed by atoms with E-state index in [0.717, 1.165) is 12.1 Å². The van der Waals surface area contributed by atoms with E-state index in [1.54, 1.807) is 19.1 Å². The Morgan fingerprint density at radius 2 is 1.83 bits per heavy atom. The second-order valence-electron chi connectivity index (χ2n) is 4.02. The molecule has 0 aliphatic carbocycles. The highest BCUT2D eigenvalue weighted by Gasteiger charge is 2.30. The van der Waals surface area contributed by atoms with Gasteiger partial charge in [-0.15, -0.1) is 0 Å². The summed E-state index contributed by atoms with van der Waals surface area (Å²) in [5.74, 6) is 0. The summed E-state index contributed by atoms with van der Waals surface area (Å²) in [6.45, 7) is 0.889. The third-order valence-corrected chi connectivity index (χ3v) is 2.71. The van der Waals surface area contributed by atoms with Crippen LogP contribution in [0.5, 0.6) is 0 Å². The molecule has 6 heteroatoms. The summed E-state index contributed by atoms with van der Waals surface area (Å²) >= 11 is 0. The molecule has 0 saturated carbocycles. The first-order chi connectivity index (χ1) is 8.38. The number of methoxy groups -OCH3 is 1. The van der Waals surface area contributed by atoms with Gasteiger partial charge in [-0.05, 0) is 24.3 Å². The van der Waals surface area contributed by atoms with Gasteiger partial charge < -0.3 is 15.4 Å². The van der Waals surface area contributed by atoms with Gasteiger partial charge in [0.25, 0.3) is 0 Å². The van der Waals surface area contributed by atoms with Crippen molar-refractivity contribution in [2.75, 3.05) is 32.1 Å². The zero-order valence-corrected chi connectivity index (χ0v) is 10.4. The molecule has 18 heavy (non-hydrogen) atoms. The summed E-state index contributed by atoms with van der Waals surface area (Å²) in [7, 11) is 3.34. The lowest BCUT2D eigenvalue weighted by Crippen LogP contribution is -2.35. The molecule has 0 fully saturated rings. The van der Waals surface area contributed by atoms with E-state index >= 15 is 0 Å². The molecule has 1 atom stereocenters. The van der Waals surface area contributed by atoms with E-state index in [4.69, 9.17) is 10.5 Å². The second kappa shape index (κ2) is 6.06. The van der Waals surface area contributed by atoms with Gasteiger partial charge in [0.15, 0.2) is 0 Å². The topological polar surface area (TPSA) is 38.5 Å². The van der Waals surface area contributed by atoms with Crippen molar-refractivity contribution in [3.8, 4) is 0 Å². The van der Waals surface area contributed by atoms with Gasteiger partial charge in [0.2, 0.25) is 0 Å². The minimum absolute atomic E-state index is 0.141. The zero-order chi connectivity index (χ0) is 13.8. The quantitative estimate of drug-likeness (QED) is 0.883. The third-order valence-electron chi connectivity index (χ3n) is 2.71. The van der Waals surface area contributed by atoms with Crippen LogP contribution in [0.2, 0.25) is 0 Å². The van der Waals surface area contributed by atoms with Gasteiger partial charge in [0.1, 0.15) is 0 Å². The molecule has 1 rings (SSSR count). The van der Waals surface area contributed by atoms with Gasteiger partial charge in [0, 0.05) is 32.9 Å². The molecule has 102 valence electrons. The molecular weight excluding hydrogens is 245 g/mol. The van der Waals surface area contributed by atoms with E-state index in [1.165, 1.54) is 12.1 Å². The van der Waals surface area contributed by atoms with Gasteiger partial charge in [-0.3, -0.25) is 0 Å². The smallest absolute Gasteiger partial charge is 0.378 e. The maximum Gasteiger partial charge on any atom is 0.416 e. The van der Waals surface area contributed by atoms with Crippen LogP contribution in [0.1, 0.15) is 5.56 Å². The molecule has 0 aromatic heterocycles. The van der Waals surface area contributed by atoms with Crippen LogP contribution >= 0.6 is 0 Å². The summed E-state index contributed by atoms with van der Waals surface area (Å²) < 4.78 is 42.3. The van der Waals surface area contributed by atoms with E-state index in [-0.39, 0.29) is 6.10 Å². The lowest BCUT2D eigenvalue weighted by atomic mass is 10.2. The van der Waals surface area contributed by atoms with E-state index in [2.05, 4.69) is 0 Å². The van der Waals surface area contributed by atoms with Gasteiger partial charge in [-0.25, -0.2) is 0 Å². The Morgan fingerprint density at radius 1 is 1.28 bits per heavy atom. The van der Waals surface area contributed by atoms with Crippen LogP contribution in [0.15, 0.2) is 24.3 Å². The lowest BCUT2D eigenvalue weighted by molar-refractivity contribution is -0.137. The molecular formula is C12H17F3N2O. The summed E-state index contributed by atoms with van der Waals surface area (Å²) in [5, 5.41) is 0. The highest BCUT2D eigenvalue weighted by molar-refractivity contribution is 5.47. The number of alkyl halides is 3. The number of benzene rings is 1. The van der Waals surface area contributed by atoms with Gasteiger partial charge in [-0.2, -0.15) is 13.2 Å². The van der Waals surface area contributed by atoms with Crippen molar-refractivity contribution in [1.82, 2.24) is 0 Å². The van der Waals surface area contributed by atoms with Crippen molar-refractivity contribution in [2.24, 2.45) is 5.73 Å². The summed E-state index contributed by atoms with van der Waals surface area (Å²) in [4.78, 5) is 1.81. The Morgan fingerprint density at radius 3 is 2.22 bits per heavy atom. The number of hydrogen-bond acceptors (Lipinski definition) is 3. The molecule has 0 saturated heterocycles. The molecule has 0 aliphatic heterocycles. The monoisotopic (exact) mass is 262 g/mol. The van der Waals surface area contributed by atoms with Gasteiger partial charge in [-0.1, -0.05) is 0 Å². The van der Waals surface area contributed by atoms with Crippen LogP contribution in [0.3, 0.4) is 0 Å². The summed E-state index contributed by atoms with van der Waals surface area (Å²) in [6, 6.07) is 5.00. The van der Waals surface area contributed by atoms with Crippen LogP contribution in [-0.2, 0) is 10.9 Å². The number of anilines is 1. The number of nitrogens with zero attached hydrogens (tertiary/aromatic N) is 1. The summed E-state index contributed by atoms with van der Waals surface area (Å²) in [5.41, 5.74) is 5.53. The molecule has 2 N–H and O–H groups in total. The van der Waals surface area contributed by atoms with Gasteiger partial charge >= 0.3 is 6.18 Å². The zero-order valence-electron chi connectivity index (χ0n) is 10.4. The Labute approximate surface area is 104 Å². The number of hydrogen-bond donors (Lipinski definition) is 1. The molecule has 0 radical (unpaired) electrons. The Bertz CT molecular complexity index is 361. The lowest BCUT2D eigenvalue weighted by Gasteiger charge is -2.24. The first-order valence-corrected chi connectivity index (χ1v) is 5.49. The molecule has 1 unspecified atom stereocenters. The average molecular weight is 262 g/mol. The highest BCUT2D eigenvalue weighted by Crippen LogP contribution is 2.30. The molecule has 1 aromatic rings. The number of nitrogens with two attached hydrogens (primary N) is 1. The van der Waals surface area contributed by atoms with Crippen LogP contribution in [0.25, 0.3) is 0 Å². The Kier molecular flexibility index (Phi) is 4.98. The molecule has 3 nitrogen and oxygen atoms in total. The van der Waals surface area contributed by atoms with Crippen molar-refractivity contribution < 1.29 is 17.9 Å². The van der Waals surface area contributed by atoms with Crippen molar-refractivity contribution in [1.29, 1.82) is 0 Å². The van der Waals surface area contributed by atoms with Crippen LogP contribution in [-0.4, -0.2) is 33.4 Å². The first-order valence-electron chi connectivity index (χ1n) is 5.49. The van der Waals surface area contributed by atoms with Crippen molar-refractivity contribution in [3.05, 3.63) is 29.8 Å². The van der Waals surface area contributed by atoms with Gasteiger partial charge in [0.05, 0.1) is 11.7 Å². The normalized spacial score (nSPS) is 13.4. The maximum absolute atomic E-state index is 12.4. The standard InChI is InChI=1S/C12H17F3N2O/c1-17(8-11(7-16)18-2)10-5-3-9(4-6-10)12(13,14)15/h3-6,11H,7-8,16H2,1-2H3. The SMILES string of the molecule is COC(CN)CN(C)c1ccc(C(F)(F)F)cc1. The van der Waals surface area contributed by atoms with Crippen molar-refractivity contribution in [2.45, 2.75) is 12.3 Å². The largest absolute Gasteiger partial charge is 0.416 e. The maximum atomic E-state index is 12.4. The predicted octanol–water partition coefficient (Wildman–Crippen LogP) is 2.12. The Balaban J connectivity index is 2.73. The Hall–Kier alpha value is -1.27. The van der Waals surface area contributed by atoms with E-state index in [9.17, 15) is 13.2 Å². The number of rotatable bonds is 5. The van der Waals surface area contributed by atoms with Crippen LogP contribution in [0, 0.1) is 0 Å².